The minimum atomic E-state index is -1.04. The van der Waals surface area contributed by atoms with Gasteiger partial charge in [-0.05, 0) is 59.4 Å². The quantitative estimate of drug-likeness (QED) is 0.465. The van der Waals surface area contributed by atoms with Crippen LogP contribution >= 0.6 is 0 Å². The van der Waals surface area contributed by atoms with Crippen LogP contribution in [0.15, 0.2) is 48.5 Å². The van der Waals surface area contributed by atoms with Crippen LogP contribution in [0.2, 0.25) is 0 Å². The SMILES string of the molecule is CCCc1c2c(c(CCC)c3ccccc13)C(O)N(c1ccc(CC(=O)OCC)cc1)C2=O. The number of carbonyl (C=O) groups excluding carboxylic acids is 2. The Morgan fingerprint density at radius 2 is 1.55 bits per heavy atom. The summed E-state index contributed by atoms with van der Waals surface area (Å²) in [4.78, 5) is 27.0. The number of rotatable bonds is 8. The number of benzene rings is 3. The number of carbonyl (C=O) groups is 2. The maximum Gasteiger partial charge on any atom is 0.310 e. The predicted molar refractivity (Wildman–Crippen MR) is 130 cm³/mol. The van der Waals surface area contributed by atoms with Crippen molar-refractivity contribution in [3.05, 3.63) is 76.3 Å². The zero-order chi connectivity index (χ0) is 23.5. The van der Waals surface area contributed by atoms with Crippen molar-refractivity contribution in [3.63, 3.8) is 0 Å². The highest BCUT2D eigenvalue weighted by Crippen LogP contribution is 2.44. The third-order valence-electron chi connectivity index (χ3n) is 6.28. The summed E-state index contributed by atoms with van der Waals surface area (Å²) in [7, 11) is 0. The molecule has 1 aliphatic rings. The molecule has 0 fully saturated rings. The van der Waals surface area contributed by atoms with E-state index in [-0.39, 0.29) is 18.3 Å². The molecule has 0 aliphatic carbocycles. The number of ether oxygens (including phenoxy) is 1. The first-order valence-electron chi connectivity index (χ1n) is 11.8. The normalized spacial score (nSPS) is 15.2. The van der Waals surface area contributed by atoms with Crippen LogP contribution in [0.1, 0.15) is 72.5 Å². The van der Waals surface area contributed by atoms with E-state index < -0.39 is 6.23 Å². The van der Waals surface area contributed by atoms with Crippen LogP contribution in [0.3, 0.4) is 0 Å². The first kappa shape index (κ1) is 23.0. The number of amides is 1. The van der Waals surface area contributed by atoms with Crippen molar-refractivity contribution in [2.24, 2.45) is 0 Å². The minimum absolute atomic E-state index is 0.165. The highest BCUT2D eigenvalue weighted by Gasteiger charge is 2.41. The lowest BCUT2D eigenvalue weighted by Crippen LogP contribution is -2.27. The van der Waals surface area contributed by atoms with Gasteiger partial charge in [-0.1, -0.05) is 63.1 Å². The van der Waals surface area contributed by atoms with Gasteiger partial charge in [-0.3, -0.25) is 14.5 Å². The van der Waals surface area contributed by atoms with Gasteiger partial charge < -0.3 is 9.84 Å². The van der Waals surface area contributed by atoms with Gasteiger partial charge in [0.25, 0.3) is 5.91 Å². The Balaban J connectivity index is 1.80. The molecule has 3 aromatic rings. The number of fused-ring (bicyclic) bond motifs is 2. The second-order valence-electron chi connectivity index (χ2n) is 8.49. The van der Waals surface area contributed by atoms with E-state index in [9.17, 15) is 14.7 Å². The van der Waals surface area contributed by atoms with Crippen LogP contribution in [0.25, 0.3) is 10.8 Å². The number of aliphatic hydroxyl groups is 1. The predicted octanol–water partition coefficient (Wildman–Crippen LogP) is 5.50. The molecule has 0 radical (unpaired) electrons. The van der Waals surface area contributed by atoms with E-state index in [0.717, 1.165) is 58.7 Å². The third kappa shape index (κ3) is 4.13. The van der Waals surface area contributed by atoms with Crippen molar-refractivity contribution < 1.29 is 19.4 Å². The standard InChI is InChI=1S/C28H31NO4/c1-4-9-22-20-11-7-8-12-21(20)23(10-5-2)26-25(22)27(31)29(28(26)32)19-15-13-18(14-16-19)17-24(30)33-6-3/h7-8,11-16,27,31H,4-6,9-10,17H2,1-3H3. The molecule has 5 nitrogen and oxygen atoms in total. The lowest BCUT2D eigenvalue weighted by atomic mass is 9.86. The molecule has 0 aromatic heterocycles. The van der Waals surface area contributed by atoms with E-state index in [2.05, 4.69) is 26.0 Å². The molecule has 33 heavy (non-hydrogen) atoms. The van der Waals surface area contributed by atoms with E-state index in [1.165, 1.54) is 4.90 Å². The number of hydrogen-bond acceptors (Lipinski definition) is 4. The van der Waals surface area contributed by atoms with Crippen molar-refractivity contribution in [2.75, 3.05) is 11.5 Å². The van der Waals surface area contributed by atoms with E-state index in [1.807, 2.05) is 24.3 Å². The molecule has 0 bridgehead atoms. The van der Waals surface area contributed by atoms with Gasteiger partial charge in [-0.15, -0.1) is 0 Å². The first-order valence-corrected chi connectivity index (χ1v) is 11.8. The molecule has 1 unspecified atom stereocenters. The molecule has 172 valence electrons. The molecule has 0 spiro atoms. The van der Waals surface area contributed by atoms with E-state index in [0.29, 0.717) is 17.9 Å². The Kier molecular flexibility index (Phi) is 6.80. The van der Waals surface area contributed by atoms with Crippen LogP contribution in [-0.4, -0.2) is 23.6 Å². The van der Waals surface area contributed by atoms with Crippen molar-refractivity contribution in [2.45, 2.75) is 59.1 Å². The molecule has 1 N–H and O–H groups in total. The summed E-state index contributed by atoms with van der Waals surface area (Å²) in [6.07, 6.45) is 2.55. The highest BCUT2D eigenvalue weighted by molar-refractivity contribution is 6.15. The summed E-state index contributed by atoms with van der Waals surface area (Å²) in [5.41, 5.74) is 4.91. The second kappa shape index (κ2) is 9.75. The van der Waals surface area contributed by atoms with Gasteiger partial charge in [-0.2, -0.15) is 0 Å². The number of esters is 1. The maximum absolute atomic E-state index is 13.7. The molecule has 0 saturated heterocycles. The monoisotopic (exact) mass is 445 g/mol. The fraction of sp³-hybridized carbons (Fsp3) is 0.357. The van der Waals surface area contributed by atoms with E-state index in [4.69, 9.17) is 4.74 Å². The van der Waals surface area contributed by atoms with Crippen molar-refractivity contribution >= 4 is 28.3 Å². The lowest BCUT2D eigenvalue weighted by molar-refractivity contribution is -0.142. The van der Waals surface area contributed by atoms with Crippen molar-refractivity contribution in [1.82, 2.24) is 0 Å². The van der Waals surface area contributed by atoms with Gasteiger partial charge in [-0.25, -0.2) is 0 Å². The van der Waals surface area contributed by atoms with Crippen LogP contribution in [-0.2, 0) is 28.8 Å². The fourth-order valence-corrected chi connectivity index (χ4v) is 4.93. The van der Waals surface area contributed by atoms with Crippen LogP contribution in [0, 0.1) is 0 Å². The summed E-state index contributed by atoms with van der Waals surface area (Å²) in [6.45, 7) is 6.35. The first-order chi connectivity index (χ1) is 16.0. The number of nitrogens with zero attached hydrogens (tertiary/aromatic N) is 1. The number of aryl methyl sites for hydroxylation is 2. The maximum atomic E-state index is 13.7. The van der Waals surface area contributed by atoms with E-state index >= 15 is 0 Å². The molecule has 5 heteroatoms. The fourth-order valence-electron chi connectivity index (χ4n) is 4.93. The van der Waals surface area contributed by atoms with Crippen molar-refractivity contribution in [3.8, 4) is 0 Å². The summed E-state index contributed by atoms with van der Waals surface area (Å²) >= 11 is 0. The zero-order valence-corrected chi connectivity index (χ0v) is 19.6. The average molecular weight is 446 g/mol. The topological polar surface area (TPSA) is 66.8 Å². The van der Waals surface area contributed by atoms with Crippen LogP contribution in [0.5, 0.6) is 0 Å². The summed E-state index contributed by atoms with van der Waals surface area (Å²) in [6, 6.07) is 15.4. The van der Waals surface area contributed by atoms with Gasteiger partial charge in [0.15, 0.2) is 6.23 Å². The van der Waals surface area contributed by atoms with E-state index in [1.54, 1.807) is 19.1 Å². The molecule has 1 aliphatic heterocycles. The summed E-state index contributed by atoms with van der Waals surface area (Å²) in [5.74, 6) is -0.447. The summed E-state index contributed by atoms with van der Waals surface area (Å²) < 4.78 is 5.02. The van der Waals surface area contributed by atoms with Crippen LogP contribution < -0.4 is 4.90 Å². The Hall–Kier alpha value is -3.18. The number of hydrogen-bond donors (Lipinski definition) is 1. The molecule has 1 atom stereocenters. The number of anilines is 1. The largest absolute Gasteiger partial charge is 0.466 e. The second-order valence-corrected chi connectivity index (χ2v) is 8.49. The molecule has 0 saturated carbocycles. The van der Waals surface area contributed by atoms with Gasteiger partial charge in [0.2, 0.25) is 0 Å². The Morgan fingerprint density at radius 3 is 2.15 bits per heavy atom. The van der Waals surface area contributed by atoms with Gasteiger partial charge >= 0.3 is 5.97 Å². The molecule has 4 rings (SSSR count). The van der Waals surface area contributed by atoms with Gasteiger partial charge in [0.1, 0.15) is 0 Å². The Labute approximate surface area is 195 Å². The lowest BCUT2D eigenvalue weighted by Gasteiger charge is -2.22. The van der Waals surface area contributed by atoms with Crippen molar-refractivity contribution in [1.29, 1.82) is 0 Å². The minimum Gasteiger partial charge on any atom is -0.466 e. The smallest absolute Gasteiger partial charge is 0.310 e. The highest BCUT2D eigenvalue weighted by atomic mass is 16.5. The molecule has 3 aromatic carbocycles. The summed E-state index contributed by atoms with van der Waals surface area (Å²) in [5, 5.41) is 13.7. The van der Waals surface area contributed by atoms with Gasteiger partial charge in [0.05, 0.1) is 18.6 Å². The zero-order valence-electron chi connectivity index (χ0n) is 19.6. The molecular formula is C28H31NO4. The Bertz CT molecular complexity index is 1180. The number of aliphatic hydroxyl groups excluding tert-OH is 1. The Morgan fingerprint density at radius 1 is 0.939 bits per heavy atom. The molecular weight excluding hydrogens is 414 g/mol. The third-order valence-corrected chi connectivity index (χ3v) is 6.28. The molecule has 1 amide bonds. The molecule has 1 heterocycles. The average Bonchev–Trinajstić information content (AvgIpc) is 3.07. The van der Waals surface area contributed by atoms with Gasteiger partial charge in [0, 0.05) is 11.3 Å². The van der Waals surface area contributed by atoms with Crippen LogP contribution in [0.4, 0.5) is 5.69 Å².